The summed E-state index contributed by atoms with van der Waals surface area (Å²) in [5.74, 6) is 0.645. The molecule has 3 heteroatoms. The number of hydrogen-bond acceptors (Lipinski definition) is 3. The number of rotatable bonds is 9. The molecule has 0 bridgehead atoms. The molecule has 1 rings (SSSR count). The summed E-state index contributed by atoms with van der Waals surface area (Å²) in [7, 11) is 2.22. The Morgan fingerprint density at radius 3 is 2.72 bits per heavy atom. The lowest BCUT2D eigenvalue weighted by molar-refractivity contribution is 0.115. The van der Waals surface area contributed by atoms with Gasteiger partial charge >= 0.3 is 0 Å². The molecule has 0 aliphatic heterocycles. The molecule has 2 unspecified atom stereocenters. The van der Waals surface area contributed by atoms with Gasteiger partial charge in [0.05, 0.1) is 6.61 Å². The van der Waals surface area contributed by atoms with Crippen LogP contribution in [0.1, 0.15) is 52.4 Å². The van der Waals surface area contributed by atoms with Crippen molar-refractivity contribution in [3.63, 3.8) is 0 Å². The predicted molar refractivity (Wildman–Crippen MR) is 77.9 cm³/mol. The summed E-state index contributed by atoms with van der Waals surface area (Å²) in [6.07, 6.45) is 7.45. The van der Waals surface area contributed by atoms with Crippen molar-refractivity contribution in [2.75, 3.05) is 33.3 Å². The molecule has 0 radical (unpaired) electrons. The van der Waals surface area contributed by atoms with Gasteiger partial charge in [0.1, 0.15) is 0 Å². The second kappa shape index (κ2) is 8.13. The summed E-state index contributed by atoms with van der Waals surface area (Å²) in [6, 6.07) is 0. The smallest absolute Gasteiger partial charge is 0.0616 e. The quantitative estimate of drug-likeness (QED) is 0.664. The molecule has 1 saturated carbocycles. The second-order valence-electron chi connectivity index (χ2n) is 5.88. The fourth-order valence-electron chi connectivity index (χ4n) is 3.33. The highest BCUT2D eigenvalue weighted by Crippen LogP contribution is 2.37. The third-order valence-corrected chi connectivity index (χ3v) is 4.52. The first-order chi connectivity index (χ1) is 8.68. The maximum atomic E-state index is 9.75. The van der Waals surface area contributed by atoms with Gasteiger partial charge in [-0.15, -0.1) is 0 Å². The zero-order valence-corrected chi connectivity index (χ0v) is 12.5. The van der Waals surface area contributed by atoms with Crippen LogP contribution < -0.4 is 5.32 Å². The summed E-state index contributed by atoms with van der Waals surface area (Å²) < 4.78 is 0. The summed E-state index contributed by atoms with van der Waals surface area (Å²) in [5.41, 5.74) is 0.0142. The zero-order chi connectivity index (χ0) is 13.4. The Labute approximate surface area is 113 Å². The van der Waals surface area contributed by atoms with E-state index in [9.17, 15) is 5.11 Å². The van der Waals surface area contributed by atoms with Crippen molar-refractivity contribution in [1.29, 1.82) is 0 Å². The standard InChI is InChI=1S/C15H32N2O/c1-4-6-11-17(3)12-9-14-8-7-10-15(14,13-18)16-5-2/h14,16,18H,4-13H2,1-3H3. The largest absolute Gasteiger partial charge is 0.394 e. The van der Waals surface area contributed by atoms with Crippen LogP contribution in [0.25, 0.3) is 0 Å². The van der Waals surface area contributed by atoms with Gasteiger partial charge in [0.15, 0.2) is 0 Å². The first-order valence-electron chi connectivity index (χ1n) is 7.73. The van der Waals surface area contributed by atoms with Gasteiger partial charge in [0.2, 0.25) is 0 Å². The van der Waals surface area contributed by atoms with Gasteiger partial charge < -0.3 is 15.3 Å². The highest BCUT2D eigenvalue weighted by Gasteiger charge is 2.41. The molecule has 1 aliphatic rings. The summed E-state index contributed by atoms with van der Waals surface area (Å²) in [6.45, 7) is 8.01. The molecule has 0 aromatic heterocycles. The van der Waals surface area contributed by atoms with E-state index in [1.54, 1.807) is 0 Å². The summed E-state index contributed by atoms with van der Waals surface area (Å²) in [4.78, 5) is 2.44. The molecule has 1 aliphatic carbocycles. The van der Waals surface area contributed by atoms with E-state index in [2.05, 4.69) is 31.1 Å². The van der Waals surface area contributed by atoms with E-state index in [-0.39, 0.29) is 5.54 Å². The first kappa shape index (κ1) is 15.9. The SMILES string of the molecule is CCCCN(C)CCC1CCCC1(CO)NCC. The number of aliphatic hydroxyl groups is 1. The lowest BCUT2D eigenvalue weighted by atomic mass is 9.85. The van der Waals surface area contributed by atoms with Crippen LogP contribution in [0, 0.1) is 5.92 Å². The molecule has 1 fully saturated rings. The van der Waals surface area contributed by atoms with Crippen LogP contribution in [0.4, 0.5) is 0 Å². The molecule has 0 aromatic rings. The van der Waals surface area contributed by atoms with Crippen molar-refractivity contribution in [2.24, 2.45) is 5.92 Å². The first-order valence-corrected chi connectivity index (χ1v) is 7.73. The molecule has 0 aromatic carbocycles. The van der Waals surface area contributed by atoms with Gasteiger partial charge in [-0.25, -0.2) is 0 Å². The third-order valence-electron chi connectivity index (χ3n) is 4.52. The molecule has 0 heterocycles. The van der Waals surface area contributed by atoms with Crippen LogP contribution in [-0.4, -0.2) is 48.8 Å². The van der Waals surface area contributed by atoms with Gasteiger partial charge in [-0.1, -0.05) is 26.7 Å². The fraction of sp³-hybridized carbons (Fsp3) is 1.00. The number of unbranched alkanes of at least 4 members (excludes halogenated alkanes) is 1. The van der Waals surface area contributed by atoms with Gasteiger partial charge in [0.25, 0.3) is 0 Å². The maximum Gasteiger partial charge on any atom is 0.0616 e. The number of likely N-dealkylation sites (N-methyl/N-ethyl adjacent to an activating group) is 1. The summed E-state index contributed by atoms with van der Waals surface area (Å²) >= 11 is 0. The third kappa shape index (κ3) is 4.22. The van der Waals surface area contributed by atoms with Gasteiger partial charge in [-0.2, -0.15) is 0 Å². The van der Waals surface area contributed by atoms with E-state index >= 15 is 0 Å². The summed E-state index contributed by atoms with van der Waals surface area (Å²) in [5, 5.41) is 13.3. The number of aliphatic hydroxyl groups excluding tert-OH is 1. The molecule has 0 spiro atoms. The van der Waals surface area contributed by atoms with Crippen LogP contribution in [0.15, 0.2) is 0 Å². The highest BCUT2D eigenvalue weighted by atomic mass is 16.3. The Morgan fingerprint density at radius 2 is 2.11 bits per heavy atom. The van der Waals surface area contributed by atoms with Crippen molar-refractivity contribution in [1.82, 2.24) is 10.2 Å². The Bertz CT molecular complexity index is 223. The Kier molecular flexibility index (Phi) is 7.20. The molecule has 2 N–H and O–H groups in total. The fourth-order valence-corrected chi connectivity index (χ4v) is 3.33. The van der Waals surface area contributed by atoms with Gasteiger partial charge in [-0.05, 0) is 58.3 Å². The van der Waals surface area contributed by atoms with Gasteiger partial charge in [-0.3, -0.25) is 0 Å². The van der Waals surface area contributed by atoms with E-state index in [1.807, 2.05) is 0 Å². The minimum atomic E-state index is 0.0142. The topological polar surface area (TPSA) is 35.5 Å². The molecular formula is C15H32N2O. The normalized spacial score (nSPS) is 28.2. The molecular weight excluding hydrogens is 224 g/mol. The Hall–Kier alpha value is -0.120. The lowest BCUT2D eigenvalue weighted by Crippen LogP contribution is -2.51. The molecule has 3 nitrogen and oxygen atoms in total. The van der Waals surface area contributed by atoms with Crippen molar-refractivity contribution in [3.05, 3.63) is 0 Å². The Morgan fingerprint density at radius 1 is 1.33 bits per heavy atom. The predicted octanol–water partition coefficient (Wildman–Crippen LogP) is 2.25. The molecule has 18 heavy (non-hydrogen) atoms. The van der Waals surface area contributed by atoms with Crippen molar-refractivity contribution in [2.45, 2.75) is 57.9 Å². The van der Waals surface area contributed by atoms with Crippen molar-refractivity contribution in [3.8, 4) is 0 Å². The average Bonchev–Trinajstić information content (AvgIpc) is 2.78. The van der Waals surface area contributed by atoms with E-state index in [4.69, 9.17) is 0 Å². The monoisotopic (exact) mass is 256 g/mol. The molecule has 0 saturated heterocycles. The maximum absolute atomic E-state index is 9.75. The van der Waals surface area contributed by atoms with Crippen LogP contribution in [-0.2, 0) is 0 Å². The van der Waals surface area contributed by atoms with E-state index in [0.29, 0.717) is 12.5 Å². The van der Waals surface area contributed by atoms with Crippen LogP contribution in [0.3, 0.4) is 0 Å². The molecule has 0 amide bonds. The highest BCUT2D eigenvalue weighted by molar-refractivity contribution is 4.98. The average molecular weight is 256 g/mol. The van der Waals surface area contributed by atoms with Crippen LogP contribution in [0.2, 0.25) is 0 Å². The van der Waals surface area contributed by atoms with Crippen molar-refractivity contribution >= 4 is 0 Å². The minimum absolute atomic E-state index is 0.0142. The van der Waals surface area contributed by atoms with E-state index in [1.165, 1.54) is 38.6 Å². The number of nitrogens with one attached hydrogen (secondary N) is 1. The van der Waals surface area contributed by atoms with Gasteiger partial charge in [0, 0.05) is 5.54 Å². The second-order valence-corrected chi connectivity index (χ2v) is 5.88. The number of nitrogens with zero attached hydrogens (tertiary/aromatic N) is 1. The van der Waals surface area contributed by atoms with Crippen LogP contribution >= 0.6 is 0 Å². The Balaban J connectivity index is 2.39. The van der Waals surface area contributed by atoms with Crippen molar-refractivity contribution < 1.29 is 5.11 Å². The molecule has 108 valence electrons. The van der Waals surface area contributed by atoms with Crippen LogP contribution in [0.5, 0.6) is 0 Å². The zero-order valence-electron chi connectivity index (χ0n) is 12.5. The van der Waals surface area contributed by atoms with E-state index in [0.717, 1.165) is 19.5 Å². The molecule has 2 atom stereocenters. The number of hydrogen-bond donors (Lipinski definition) is 2. The lowest BCUT2D eigenvalue weighted by Gasteiger charge is -2.35. The van der Waals surface area contributed by atoms with E-state index < -0.39 is 0 Å². The minimum Gasteiger partial charge on any atom is -0.394 e.